The zero-order valence-electron chi connectivity index (χ0n) is 14.5. The summed E-state index contributed by atoms with van der Waals surface area (Å²) in [4.78, 5) is 13.7. The summed E-state index contributed by atoms with van der Waals surface area (Å²) in [5, 5.41) is 2.77. The van der Waals surface area contributed by atoms with Crippen LogP contribution in [0.5, 0.6) is 0 Å². The number of para-hydroxylation sites is 1. The lowest BCUT2D eigenvalue weighted by molar-refractivity contribution is -0.880. The summed E-state index contributed by atoms with van der Waals surface area (Å²) in [6.07, 6.45) is 3.13. The molecule has 0 radical (unpaired) electrons. The number of hydrogen-bond donors (Lipinski definition) is 2. The Morgan fingerprint density at radius 3 is 2.50 bits per heavy atom. The molecule has 3 aliphatic heterocycles. The van der Waals surface area contributed by atoms with E-state index >= 15 is 0 Å². The third-order valence-corrected chi connectivity index (χ3v) is 5.25. The molecule has 2 N–H and O–H groups in total. The number of carbonyl (C=O) groups excluding carboxylic acids is 1. The number of carbonyl (C=O) groups is 1. The first-order chi connectivity index (χ1) is 12.7. The number of piperidine rings is 3. The van der Waals surface area contributed by atoms with Gasteiger partial charge in [0.25, 0.3) is 0 Å². The second-order valence-electron chi connectivity index (χ2n) is 6.88. The molecular weight excluding hydrogens is 331 g/mol. The maximum absolute atomic E-state index is 14.1. The number of amides is 1. The number of anilines is 1. The van der Waals surface area contributed by atoms with Gasteiger partial charge in [-0.15, -0.1) is 0 Å². The quantitative estimate of drug-likeness (QED) is 0.891. The van der Waals surface area contributed by atoms with E-state index in [4.69, 9.17) is 4.74 Å². The van der Waals surface area contributed by atoms with Crippen molar-refractivity contribution in [2.45, 2.75) is 18.9 Å². The standard InChI is InChI=1S/C21H21FN2O2/c22-18-9-5-4-6-16(18)14-19-20(15-10-12-24(19)13-11-15)26-21(25)23-17-7-2-1-3-8-17/h1-9,14-15,20H,10-13H2,(H,23,25)/p+1/t20-/m0/s1. The number of rotatable bonds is 3. The Hall–Kier alpha value is -2.66. The largest absolute Gasteiger partial charge is 0.435 e. The van der Waals surface area contributed by atoms with E-state index < -0.39 is 6.09 Å². The minimum Gasteiger partial charge on any atom is -0.435 e. The molecule has 2 aromatic rings. The fourth-order valence-electron chi connectivity index (χ4n) is 3.92. The molecule has 134 valence electrons. The van der Waals surface area contributed by atoms with Gasteiger partial charge < -0.3 is 9.64 Å². The average Bonchev–Trinajstić information content (AvgIpc) is 2.67. The van der Waals surface area contributed by atoms with Gasteiger partial charge in [0.2, 0.25) is 0 Å². The van der Waals surface area contributed by atoms with E-state index in [0.717, 1.165) is 31.6 Å². The Morgan fingerprint density at radius 1 is 1.08 bits per heavy atom. The first kappa shape index (κ1) is 16.8. The van der Waals surface area contributed by atoms with Crippen LogP contribution in [-0.2, 0) is 4.74 Å². The van der Waals surface area contributed by atoms with Crippen LogP contribution in [0.2, 0.25) is 0 Å². The van der Waals surface area contributed by atoms with Crippen LogP contribution >= 0.6 is 0 Å². The van der Waals surface area contributed by atoms with Gasteiger partial charge in [-0.2, -0.15) is 0 Å². The third-order valence-electron chi connectivity index (χ3n) is 5.25. The summed E-state index contributed by atoms with van der Waals surface area (Å²) in [6, 6.07) is 16.0. The lowest BCUT2D eigenvalue weighted by Gasteiger charge is -2.42. The van der Waals surface area contributed by atoms with Crippen molar-refractivity contribution in [3.05, 3.63) is 71.7 Å². The van der Waals surface area contributed by atoms with E-state index in [1.54, 1.807) is 12.1 Å². The van der Waals surface area contributed by atoms with Gasteiger partial charge in [-0.3, -0.25) is 5.32 Å². The predicted molar refractivity (Wildman–Crippen MR) is 98.1 cm³/mol. The number of hydrogen-bond acceptors (Lipinski definition) is 2. The zero-order valence-corrected chi connectivity index (χ0v) is 14.5. The van der Waals surface area contributed by atoms with Crippen LogP contribution in [0.15, 0.2) is 60.3 Å². The van der Waals surface area contributed by atoms with E-state index in [1.807, 2.05) is 42.5 Å². The van der Waals surface area contributed by atoms with Crippen LogP contribution in [0.4, 0.5) is 14.9 Å². The first-order valence-corrected chi connectivity index (χ1v) is 9.04. The van der Waals surface area contributed by atoms with E-state index in [0.29, 0.717) is 17.2 Å². The van der Waals surface area contributed by atoms with E-state index in [2.05, 4.69) is 5.32 Å². The van der Waals surface area contributed by atoms with Gasteiger partial charge in [-0.25, -0.2) is 9.18 Å². The van der Waals surface area contributed by atoms with Crippen molar-refractivity contribution in [2.75, 3.05) is 18.4 Å². The Bertz CT molecular complexity index is 814. The van der Waals surface area contributed by atoms with Gasteiger partial charge in [-0.1, -0.05) is 36.4 Å². The molecule has 26 heavy (non-hydrogen) atoms. The molecule has 5 rings (SSSR count). The molecule has 5 heteroatoms. The van der Waals surface area contributed by atoms with Gasteiger partial charge in [0.15, 0.2) is 6.10 Å². The summed E-state index contributed by atoms with van der Waals surface area (Å²) < 4.78 is 19.9. The van der Waals surface area contributed by atoms with Crippen molar-refractivity contribution in [3.63, 3.8) is 0 Å². The van der Waals surface area contributed by atoms with Crippen LogP contribution < -0.4 is 10.2 Å². The fourth-order valence-corrected chi connectivity index (χ4v) is 3.92. The molecule has 1 atom stereocenters. The number of fused-ring (bicyclic) bond motifs is 3. The molecule has 1 amide bonds. The van der Waals surface area contributed by atoms with Crippen molar-refractivity contribution < 1.29 is 18.8 Å². The summed E-state index contributed by atoms with van der Waals surface area (Å²) in [5.41, 5.74) is 2.21. The highest BCUT2D eigenvalue weighted by molar-refractivity contribution is 5.84. The SMILES string of the molecule is O=C(Nc1ccccc1)O[C@@H]1C(=Cc2ccccc2F)[NH+]2CCC1CC2. The van der Waals surface area contributed by atoms with Gasteiger partial charge in [0, 0.05) is 36.1 Å². The van der Waals surface area contributed by atoms with Gasteiger partial charge >= 0.3 is 6.09 Å². The number of benzene rings is 2. The van der Waals surface area contributed by atoms with Gasteiger partial charge in [0.05, 0.1) is 13.1 Å². The molecule has 0 aliphatic carbocycles. The lowest BCUT2D eigenvalue weighted by Crippen LogP contribution is -3.14. The Morgan fingerprint density at radius 2 is 1.77 bits per heavy atom. The summed E-state index contributed by atoms with van der Waals surface area (Å²) in [7, 11) is 0. The lowest BCUT2D eigenvalue weighted by atomic mass is 9.82. The Labute approximate surface area is 152 Å². The first-order valence-electron chi connectivity index (χ1n) is 9.04. The number of quaternary nitrogens is 1. The molecule has 3 aliphatic rings. The van der Waals surface area contributed by atoms with Crippen molar-refractivity contribution in [3.8, 4) is 0 Å². The van der Waals surface area contributed by atoms with Crippen molar-refractivity contribution in [1.82, 2.24) is 0 Å². The molecule has 3 saturated heterocycles. The molecule has 4 nitrogen and oxygen atoms in total. The third kappa shape index (κ3) is 3.48. The van der Waals surface area contributed by atoms with Gasteiger partial charge in [0.1, 0.15) is 11.5 Å². The average molecular weight is 353 g/mol. The highest BCUT2D eigenvalue weighted by atomic mass is 19.1. The second-order valence-corrected chi connectivity index (χ2v) is 6.88. The maximum Gasteiger partial charge on any atom is 0.412 e. The van der Waals surface area contributed by atoms with E-state index in [1.165, 1.54) is 11.0 Å². The topological polar surface area (TPSA) is 42.8 Å². The van der Waals surface area contributed by atoms with Gasteiger partial charge in [-0.05, 0) is 18.2 Å². The molecule has 0 spiro atoms. The Kier molecular flexibility index (Phi) is 4.71. The predicted octanol–water partition coefficient (Wildman–Crippen LogP) is 3.09. The monoisotopic (exact) mass is 353 g/mol. The molecule has 2 bridgehead atoms. The minimum absolute atomic E-state index is 0.255. The normalized spacial score (nSPS) is 25.9. The summed E-state index contributed by atoms with van der Waals surface area (Å²) >= 11 is 0. The highest BCUT2D eigenvalue weighted by Gasteiger charge is 2.44. The number of ether oxygens (including phenoxy) is 1. The van der Waals surface area contributed by atoms with Crippen LogP contribution in [0.1, 0.15) is 18.4 Å². The zero-order chi connectivity index (χ0) is 17.9. The summed E-state index contributed by atoms with van der Waals surface area (Å²) in [6.45, 7) is 2.01. The highest BCUT2D eigenvalue weighted by Crippen LogP contribution is 2.28. The molecule has 0 saturated carbocycles. The van der Waals surface area contributed by atoms with Crippen molar-refractivity contribution in [2.24, 2.45) is 5.92 Å². The molecule has 3 heterocycles. The molecular formula is C21H22FN2O2+. The molecule has 0 aromatic heterocycles. The van der Waals surface area contributed by atoms with Crippen molar-refractivity contribution in [1.29, 1.82) is 0 Å². The fraction of sp³-hybridized carbons (Fsp3) is 0.286. The minimum atomic E-state index is -0.464. The van der Waals surface area contributed by atoms with E-state index in [-0.39, 0.29) is 11.9 Å². The molecule has 2 aromatic carbocycles. The number of nitrogens with one attached hydrogen (secondary N) is 2. The van der Waals surface area contributed by atoms with Crippen LogP contribution in [-0.4, -0.2) is 25.3 Å². The maximum atomic E-state index is 14.1. The van der Waals surface area contributed by atoms with Crippen LogP contribution in [0, 0.1) is 11.7 Å². The molecule has 3 fully saturated rings. The second kappa shape index (κ2) is 7.30. The van der Waals surface area contributed by atoms with Crippen molar-refractivity contribution >= 4 is 17.9 Å². The smallest absolute Gasteiger partial charge is 0.412 e. The van der Waals surface area contributed by atoms with Crippen LogP contribution in [0.3, 0.4) is 0 Å². The van der Waals surface area contributed by atoms with E-state index in [9.17, 15) is 9.18 Å². The van der Waals surface area contributed by atoms with Crippen LogP contribution in [0.25, 0.3) is 6.08 Å². The Balaban J connectivity index is 1.56. The number of halogens is 1. The summed E-state index contributed by atoms with van der Waals surface area (Å²) in [5.74, 6) is 0.0431. The molecule has 0 unspecified atom stereocenters.